The molecule has 122 valence electrons. The summed E-state index contributed by atoms with van der Waals surface area (Å²) in [6, 6.07) is 0.00506. The maximum absolute atomic E-state index is 12.7. The first-order chi connectivity index (χ1) is 10.6. The van der Waals surface area contributed by atoms with Crippen LogP contribution in [0.25, 0.3) is 0 Å². The van der Waals surface area contributed by atoms with Crippen LogP contribution >= 0.6 is 0 Å². The number of hydrogen-bond donors (Lipinski definition) is 1. The van der Waals surface area contributed by atoms with E-state index in [1.54, 1.807) is 0 Å². The molecule has 2 aliphatic heterocycles. The average Bonchev–Trinajstić information content (AvgIpc) is 3.17. The summed E-state index contributed by atoms with van der Waals surface area (Å²) in [5.74, 6) is 2.34. The first-order valence-electron chi connectivity index (χ1n) is 8.49. The lowest BCUT2D eigenvalue weighted by Gasteiger charge is -2.27. The smallest absolute Gasteiger partial charge is 0.229 e. The predicted molar refractivity (Wildman–Crippen MR) is 82.3 cm³/mol. The first kappa shape index (κ1) is 15.5. The van der Waals surface area contributed by atoms with E-state index in [-0.39, 0.29) is 17.9 Å². The van der Waals surface area contributed by atoms with E-state index in [1.807, 2.05) is 18.7 Å². The minimum absolute atomic E-state index is 0.00506. The minimum atomic E-state index is 0.00506. The zero-order valence-corrected chi connectivity index (χ0v) is 13.5. The molecule has 1 aromatic rings. The standard InChI is InChI=1S/C16H26N4O2/c1-11(2)16-18-15(19-22-16)13-4-3-9-20(13)14(21)10-12-5-7-17-8-6-12/h11-13,17H,3-10H2,1-2H3/t13-/m1/s1. The number of nitrogens with zero attached hydrogens (tertiary/aromatic N) is 3. The van der Waals surface area contributed by atoms with Crippen LogP contribution in [0, 0.1) is 5.92 Å². The lowest BCUT2D eigenvalue weighted by molar-refractivity contribution is -0.133. The summed E-state index contributed by atoms with van der Waals surface area (Å²) in [5, 5.41) is 7.46. The molecule has 1 aromatic heterocycles. The van der Waals surface area contributed by atoms with Crippen molar-refractivity contribution >= 4 is 5.91 Å². The monoisotopic (exact) mass is 306 g/mol. The van der Waals surface area contributed by atoms with Crippen molar-refractivity contribution in [1.29, 1.82) is 0 Å². The largest absolute Gasteiger partial charge is 0.339 e. The number of carbonyl (C=O) groups is 1. The highest BCUT2D eigenvalue weighted by Crippen LogP contribution is 2.32. The van der Waals surface area contributed by atoms with Gasteiger partial charge in [0.15, 0.2) is 5.82 Å². The van der Waals surface area contributed by atoms with Crippen LogP contribution in [0.4, 0.5) is 0 Å². The maximum atomic E-state index is 12.7. The molecule has 0 unspecified atom stereocenters. The third-order valence-corrected chi connectivity index (χ3v) is 4.74. The molecule has 3 heterocycles. The minimum Gasteiger partial charge on any atom is -0.339 e. The Morgan fingerprint density at radius 1 is 1.36 bits per heavy atom. The summed E-state index contributed by atoms with van der Waals surface area (Å²) in [6.07, 6.45) is 4.82. The molecular weight excluding hydrogens is 280 g/mol. The van der Waals surface area contributed by atoms with E-state index in [4.69, 9.17) is 4.52 Å². The Morgan fingerprint density at radius 3 is 2.82 bits per heavy atom. The summed E-state index contributed by atoms with van der Waals surface area (Å²) in [6.45, 7) is 6.95. The Morgan fingerprint density at radius 2 is 2.14 bits per heavy atom. The molecular formula is C16H26N4O2. The second kappa shape index (κ2) is 6.77. The normalized spacial score (nSPS) is 23.4. The van der Waals surface area contributed by atoms with Gasteiger partial charge in [0, 0.05) is 18.9 Å². The molecule has 0 saturated carbocycles. The van der Waals surface area contributed by atoms with Crippen LogP contribution < -0.4 is 5.32 Å². The molecule has 0 bridgehead atoms. The van der Waals surface area contributed by atoms with Gasteiger partial charge in [-0.25, -0.2) is 0 Å². The van der Waals surface area contributed by atoms with Gasteiger partial charge < -0.3 is 14.7 Å². The molecule has 1 N–H and O–H groups in total. The van der Waals surface area contributed by atoms with Crippen molar-refractivity contribution in [3.05, 3.63) is 11.7 Å². The van der Waals surface area contributed by atoms with E-state index in [1.165, 1.54) is 0 Å². The number of amides is 1. The number of rotatable bonds is 4. The van der Waals surface area contributed by atoms with E-state index in [0.29, 0.717) is 24.1 Å². The average molecular weight is 306 g/mol. The van der Waals surface area contributed by atoms with Gasteiger partial charge in [0.1, 0.15) is 0 Å². The molecule has 1 atom stereocenters. The third kappa shape index (κ3) is 3.32. The van der Waals surface area contributed by atoms with Crippen molar-refractivity contribution in [2.45, 2.75) is 57.9 Å². The van der Waals surface area contributed by atoms with Crippen LogP contribution in [-0.4, -0.2) is 40.6 Å². The fourth-order valence-corrected chi connectivity index (χ4v) is 3.40. The molecule has 0 radical (unpaired) electrons. The topological polar surface area (TPSA) is 71.3 Å². The molecule has 1 amide bonds. The number of piperidine rings is 1. The summed E-state index contributed by atoms with van der Waals surface area (Å²) in [4.78, 5) is 19.1. The van der Waals surface area contributed by atoms with Gasteiger partial charge in [-0.1, -0.05) is 19.0 Å². The third-order valence-electron chi connectivity index (χ3n) is 4.74. The van der Waals surface area contributed by atoms with Crippen molar-refractivity contribution in [2.24, 2.45) is 5.92 Å². The summed E-state index contributed by atoms with van der Waals surface area (Å²) in [7, 11) is 0. The van der Waals surface area contributed by atoms with E-state index in [0.717, 1.165) is 45.3 Å². The second-order valence-corrected chi connectivity index (χ2v) is 6.79. The zero-order chi connectivity index (χ0) is 15.5. The van der Waals surface area contributed by atoms with Crippen molar-refractivity contribution in [2.75, 3.05) is 19.6 Å². The van der Waals surface area contributed by atoms with Gasteiger partial charge in [-0.05, 0) is 44.7 Å². The van der Waals surface area contributed by atoms with E-state index in [9.17, 15) is 4.79 Å². The highest BCUT2D eigenvalue weighted by molar-refractivity contribution is 5.77. The number of hydrogen-bond acceptors (Lipinski definition) is 5. The van der Waals surface area contributed by atoms with E-state index < -0.39 is 0 Å². The molecule has 6 heteroatoms. The highest BCUT2D eigenvalue weighted by atomic mass is 16.5. The second-order valence-electron chi connectivity index (χ2n) is 6.79. The molecule has 0 aromatic carbocycles. The van der Waals surface area contributed by atoms with Crippen molar-refractivity contribution in [1.82, 2.24) is 20.4 Å². The number of aromatic nitrogens is 2. The van der Waals surface area contributed by atoms with Gasteiger partial charge in [0.05, 0.1) is 6.04 Å². The van der Waals surface area contributed by atoms with Gasteiger partial charge in [-0.3, -0.25) is 4.79 Å². The Hall–Kier alpha value is -1.43. The summed E-state index contributed by atoms with van der Waals surface area (Å²) in [5.41, 5.74) is 0. The highest BCUT2D eigenvalue weighted by Gasteiger charge is 2.34. The maximum Gasteiger partial charge on any atom is 0.229 e. The summed E-state index contributed by atoms with van der Waals surface area (Å²) >= 11 is 0. The quantitative estimate of drug-likeness (QED) is 0.923. The molecule has 2 aliphatic rings. The molecule has 2 fully saturated rings. The molecule has 22 heavy (non-hydrogen) atoms. The van der Waals surface area contributed by atoms with Gasteiger partial charge in [0.2, 0.25) is 11.8 Å². The Balaban J connectivity index is 1.65. The van der Waals surface area contributed by atoms with Crippen molar-refractivity contribution < 1.29 is 9.32 Å². The summed E-state index contributed by atoms with van der Waals surface area (Å²) < 4.78 is 5.31. The van der Waals surface area contributed by atoms with Gasteiger partial charge >= 0.3 is 0 Å². The van der Waals surface area contributed by atoms with E-state index in [2.05, 4.69) is 15.5 Å². The molecule has 2 saturated heterocycles. The number of carbonyl (C=O) groups excluding carboxylic acids is 1. The van der Waals surface area contributed by atoms with Gasteiger partial charge in [-0.2, -0.15) is 4.98 Å². The number of likely N-dealkylation sites (tertiary alicyclic amines) is 1. The Labute approximate surface area is 131 Å². The lowest BCUT2D eigenvalue weighted by atomic mass is 9.94. The Bertz CT molecular complexity index is 508. The first-order valence-corrected chi connectivity index (χ1v) is 8.49. The van der Waals surface area contributed by atoms with Crippen LogP contribution in [0.5, 0.6) is 0 Å². The Kier molecular flexibility index (Phi) is 4.76. The van der Waals surface area contributed by atoms with Crippen LogP contribution in [0.2, 0.25) is 0 Å². The zero-order valence-electron chi connectivity index (χ0n) is 13.5. The van der Waals surface area contributed by atoms with E-state index >= 15 is 0 Å². The number of nitrogens with one attached hydrogen (secondary N) is 1. The lowest BCUT2D eigenvalue weighted by Crippen LogP contribution is -2.35. The van der Waals surface area contributed by atoms with Crippen molar-refractivity contribution in [3.63, 3.8) is 0 Å². The van der Waals surface area contributed by atoms with Crippen LogP contribution in [0.15, 0.2) is 4.52 Å². The van der Waals surface area contributed by atoms with Crippen LogP contribution in [0.1, 0.15) is 69.6 Å². The fraction of sp³-hybridized carbons (Fsp3) is 0.812. The fourth-order valence-electron chi connectivity index (χ4n) is 3.40. The van der Waals surface area contributed by atoms with Crippen molar-refractivity contribution in [3.8, 4) is 0 Å². The van der Waals surface area contributed by atoms with Gasteiger partial charge in [-0.15, -0.1) is 0 Å². The van der Waals surface area contributed by atoms with Gasteiger partial charge in [0.25, 0.3) is 0 Å². The molecule has 0 spiro atoms. The predicted octanol–water partition coefficient (Wildman–Crippen LogP) is 2.25. The van der Waals surface area contributed by atoms with Crippen LogP contribution in [0.3, 0.4) is 0 Å². The molecule has 0 aliphatic carbocycles. The molecule has 3 rings (SSSR count). The molecule has 6 nitrogen and oxygen atoms in total. The van der Waals surface area contributed by atoms with Crippen LogP contribution in [-0.2, 0) is 4.79 Å². The SMILES string of the molecule is CC(C)c1nc([C@H]2CCCN2C(=O)CC2CCNCC2)no1.